The Morgan fingerprint density at radius 3 is 2.40 bits per heavy atom. The van der Waals surface area contributed by atoms with E-state index >= 15 is 0 Å². The summed E-state index contributed by atoms with van der Waals surface area (Å²) >= 11 is 0. The molecule has 0 spiro atoms. The van der Waals surface area contributed by atoms with Gasteiger partial charge >= 0.3 is 17.9 Å². The number of nitrogens with zero attached hydrogens (tertiary/aromatic N) is 1. The monoisotopic (exact) mass is 496 g/mol. The average Bonchev–Trinajstić information content (AvgIpc) is 2.84. The van der Waals surface area contributed by atoms with Gasteiger partial charge in [0.05, 0.1) is 25.6 Å². The number of pyridine rings is 1. The minimum atomic E-state index is -1.24. The lowest BCUT2D eigenvalue weighted by Gasteiger charge is -2.32. The van der Waals surface area contributed by atoms with Crippen LogP contribution < -0.4 is 10.1 Å². The van der Waals surface area contributed by atoms with E-state index in [1.807, 2.05) is 0 Å². The average molecular weight is 497 g/mol. The van der Waals surface area contributed by atoms with Crippen LogP contribution in [0.2, 0.25) is 0 Å². The minimum Gasteiger partial charge on any atom is -0.503 e. The third-order valence-corrected chi connectivity index (χ3v) is 6.16. The number of rotatable bonds is 9. The summed E-state index contributed by atoms with van der Waals surface area (Å²) in [5.74, 6) is -6.56. The quantitative estimate of drug-likeness (QED) is 0.362. The molecule has 2 heterocycles. The van der Waals surface area contributed by atoms with E-state index in [1.165, 1.54) is 26.3 Å². The van der Waals surface area contributed by atoms with Crippen molar-refractivity contribution in [1.29, 1.82) is 0 Å². The summed E-state index contributed by atoms with van der Waals surface area (Å²) in [4.78, 5) is 52.3. The predicted molar refractivity (Wildman–Crippen MR) is 120 cm³/mol. The van der Waals surface area contributed by atoms with Crippen molar-refractivity contribution in [2.24, 2.45) is 23.7 Å². The molecule has 4 N–H and O–H groups in total. The number of esters is 1. The highest BCUT2D eigenvalue weighted by Crippen LogP contribution is 2.33. The lowest BCUT2D eigenvalue weighted by Crippen LogP contribution is -2.46. The summed E-state index contributed by atoms with van der Waals surface area (Å²) in [5, 5.41) is 31.4. The molecule has 1 saturated heterocycles. The van der Waals surface area contributed by atoms with Gasteiger partial charge in [0.2, 0.25) is 0 Å². The summed E-state index contributed by atoms with van der Waals surface area (Å²) in [6, 6.07) is 0.118. The maximum Gasteiger partial charge on any atom is 0.331 e. The van der Waals surface area contributed by atoms with Gasteiger partial charge in [0, 0.05) is 24.8 Å². The molecule has 194 valence electrons. The van der Waals surface area contributed by atoms with Crippen molar-refractivity contribution in [1.82, 2.24) is 10.3 Å². The van der Waals surface area contributed by atoms with Gasteiger partial charge in [-0.05, 0) is 25.7 Å². The van der Waals surface area contributed by atoms with Gasteiger partial charge in [0.15, 0.2) is 23.2 Å². The van der Waals surface area contributed by atoms with Gasteiger partial charge in [-0.25, -0.2) is 9.78 Å². The van der Waals surface area contributed by atoms with E-state index in [0.717, 1.165) is 0 Å². The molecule has 1 aliphatic rings. The number of aliphatic carboxylic acids is 2. The molecular weight excluding hydrogens is 464 g/mol. The molecule has 0 aromatic carbocycles. The molecule has 1 aromatic rings. The molecule has 6 atom stereocenters. The number of hydrogen-bond acceptors (Lipinski definition) is 9. The lowest BCUT2D eigenvalue weighted by atomic mass is 9.77. The Balaban J connectivity index is 2.25. The highest BCUT2D eigenvalue weighted by atomic mass is 16.6. The zero-order chi connectivity index (χ0) is 26.3. The van der Waals surface area contributed by atoms with Gasteiger partial charge in [-0.15, -0.1) is 0 Å². The highest BCUT2D eigenvalue weighted by Gasteiger charge is 2.38. The number of carboxylic acid groups (broad SMARTS) is 2. The Hall–Kier alpha value is -3.41. The van der Waals surface area contributed by atoms with E-state index < -0.39 is 65.4 Å². The van der Waals surface area contributed by atoms with E-state index in [0.29, 0.717) is 0 Å². The van der Waals surface area contributed by atoms with Crippen molar-refractivity contribution in [3.05, 3.63) is 18.0 Å². The van der Waals surface area contributed by atoms with Gasteiger partial charge < -0.3 is 34.8 Å². The number of methoxy groups -OCH3 is 1. The fourth-order valence-electron chi connectivity index (χ4n) is 4.05. The number of amides is 1. The first-order valence-electron chi connectivity index (χ1n) is 11.2. The Labute approximate surface area is 202 Å². The van der Waals surface area contributed by atoms with Crippen LogP contribution in [0.1, 0.15) is 44.1 Å². The molecule has 2 unspecified atom stereocenters. The van der Waals surface area contributed by atoms with Crippen LogP contribution in [-0.2, 0) is 23.9 Å². The molecule has 12 heteroatoms. The van der Waals surface area contributed by atoms with Crippen molar-refractivity contribution in [3.63, 3.8) is 0 Å². The maximum absolute atomic E-state index is 12.9. The highest BCUT2D eigenvalue weighted by molar-refractivity contribution is 5.98. The molecule has 0 radical (unpaired) electrons. The molecular formula is C23H32N2O10. The minimum absolute atomic E-state index is 0.0258. The largest absolute Gasteiger partial charge is 0.503 e. The van der Waals surface area contributed by atoms with Gasteiger partial charge in [-0.2, -0.15) is 0 Å². The van der Waals surface area contributed by atoms with Crippen LogP contribution in [0.4, 0.5) is 0 Å². The number of ether oxygens (including phenoxy) is 3. The lowest BCUT2D eigenvalue weighted by molar-refractivity contribution is -0.155. The number of hydrogen-bond donors (Lipinski definition) is 4. The SMILES string of the molecule is COc1ccnc(C(=O)N[C@H]2COC[C@@H](CC(C)C(=O)O)[C@H](CC(C)C(=O)O)[C@H](C)OC2=O)c1O. The first-order chi connectivity index (χ1) is 16.5. The third kappa shape index (κ3) is 7.28. The molecule has 35 heavy (non-hydrogen) atoms. The van der Waals surface area contributed by atoms with E-state index in [4.69, 9.17) is 14.2 Å². The second kappa shape index (κ2) is 12.3. The van der Waals surface area contributed by atoms with Crippen LogP contribution in [0.25, 0.3) is 0 Å². The van der Waals surface area contributed by atoms with Crippen molar-refractivity contribution < 1.29 is 48.7 Å². The van der Waals surface area contributed by atoms with Gasteiger partial charge in [-0.3, -0.25) is 14.4 Å². The first kappa shape index (κ1) is 27.8. The van der Waals surface area contributed by atoms with E-state index in [-0.39, 0.29) is 37.5 Å². The van der Waals surface area contributed by atoms with Crippen LogP contribution in [0.5, 0.6) is 11.5 Å². The van der Waals surface area contributed by atoms with Crippen molar-refractivity contribution in [2.75, 3.05) is 20.3 Å². The predicted octanol–water partition coefficient (Wildman–Crippen LogP) is 1.31. The number of carbonyl (C=O) groups excluding carboxylic acids is 2. The standard InChI is InChI=1S/C23H32N2O10/c1-11(21(28)29)7-14-9-34-10-16(23(32)35-13(3)15(14)8-12(2)22(30)31)25-20(27)18-19(26)17(33-4)5-6-24-18/h5-6,11-16,26H,7-10H2,1-4H3,(H,25,27)(H,28,29)(H,30,31)/t11?,12?,13-,14+,15+,16-/m0/s1. The van der Waals surface area contributed by atoms with Crippen molar-refractivity contribution >= 4 is 23.8 Å². The molecule has 0 bridgehead atoms. The number of cyclic esters (lactones) is 1. The van der Waals surface area contributed by atoms with Crippen LogP contribution >= 0.6 is 0 Å². The number of nitrogens with one attached hydrogen (secondary N) is 1. The molecule has 1 amide bonds. The van der Waals surface area contributed by atoms with E-state index in [1.54, 1.807) is 13.8 Å². The van der Waals surface area contributed by atoms with Gasteiger partial charge in [0.25, 0.3) is 5.91 Å². The van der Waals surface area contributed by atoms with Crippen molar-refractivity contribution in [3.8, 4) is 11.5 Å². The number of aromatic nitrogens is 1. The zero-order valence-corrected chi connectivity index (χ0v) is 20.1. The van der Waals surface area contributed by atoms with Crippen LogP contribution in [0.3, 0.4) is 0 Å². The Bertz CT molecular complexity index is 937. The summed E-state index contributed by atoms with van der Waals surface area (Å²) < 4.78 is 16.2. The number of aromatic hydroxyl groups is 1. The Morgan fingerprint density at radius 1 is 1.17 bits per heavy atom. The third-order valence-electron chi connectivity index (χ3n) is 6.16. The fourth-order valence-corrected chi connectivity index (χ4v) is 4.05. The molecule has 1 aliphatic heterocycles. The molecule has 0 saturated carbocycles. The molecule has 1 aromatic heterocycles. The number of carboxylic acids is 2. The number of carbonyl (C=O) groups is 4. The van der Waals surface area contributed by atoms with Crippen molar-refractivity contribution in [2.45, 2.75) is 45.8 Å². The molecule has 0 aliphatic carbocycles. The van der Waals surface area contributed by atoms with Crippen LogP contribution in [-0.4, -0.2) is 76.6 Å². The summed E-state index contributed by atoms with van der Waals surface area (Å²) in [6.07, 6.45) is 0.811. The normalized spacial score (nSPS) is 24.6. The second-order valence-corrected chi connectivity index (χ2v) is 8.79. The van der Waals surface area contributed by atoms with E-state index in [9.17, 15) is 34.5 Å². The summed E-state index contributed by atoms with van der Waals surface area (Å²) in [7, 11) is 1.31. The topological polar surface area (TPSA) is 182 Å². The molecule has 12 nitrogen and oxygen atoms in total. The van der Waals surface area contributed by atoms with Crippen LogP contribution in [0.15, 0.2) is 12.3 Å². The smallest absolute Gasteiger partial charge is 0.331 e. The van der Waals surface area contributed by atoms with Gasteiger partial charge in [-0.1, -0.05) is 13.8 Å². The fraction of sp³-hybridized carbons (Fsp3) is 0.609. The zero-order valence-electron chi connectivity index (χ0n) is 20.1. The maximum atomic E-state index is 12.9. The molecule has 1 fully saturated rings. The summed E-state index contributed by atoms with van der Waals surface area (Å²) in [6.45, 7) is 4.43. The first-order valence-corrected chi connectivity index (χ1v) is 11.2. The molecule has 2 rings (SSSR count). The Kier molecular flexibility index (Phi) is 9.81. The van der Waals surface area contributed by atoms with E-state index in [2.05, 4.69) is 10.3 Å². The van der Waals surface area contributed by atoms with Gasteiger partial charge in [0.1, 0.15) is 6.10 Å². The van der Waals surface area contributed by atoms with Crippen LogP contribution in [0, 0.1) is 23.7 Å². The Morgan fingerprint density at radius 2 is 1.80 bits per heavy atom. The second-order valence-electron chi connectivity index (χ2n) is 8.79. The summed E-state index contributed by atoms with van der Waals surface area (Å²) in [5.41, 5.74) is -0.355.